The zero-order valence-electron chi connectivity index (χ0n) is 14.5. The Hall–Kier alpha value is -2.87. The molecule has 2 aromatic rings. The molecule has 0 radical (unpaired) electrons. The van der Waals surface area contributed by atoms with Crippen LogP contribution in [-0.4, -0.2) is 41.5 Å². The summed E-state index contributed by atoms with van der Waals surface area (Å²) in [5, 5.41) is 21.3. The second-order valence-corrected chi connectivity index (χ2v) is 6.57. The summed E-state index contributed by atoms with van der Waals surface area (Å²) in [5.41, 5.74) is -0.544. The third-order valence-corrected chi connectivity index (χ3v) is 4.52. The Morgan fingerprint density at radius 2 is 1.81 bits per heavy atom. The predicted octanol–water partition coefficient (Wildman–Crippen LogP) is 3.36. The number of halogens is 2. The summed E-state index contributed by atoms with van der Waals surface area (Å²) < 4.78 is 32.8. The number of anilines is 1. The number of benzene rings is 2. The molecule has 3 rings (SSSR count). The molecule has 0 spiro atoms. The summed E-state index contributed by atoms with van der Waals surface area (Å²) in [7, 11) is 0. The number of hydrogen-bond acceptors (Lipinski definition) is 4. The van der Waals surface area contributed by atoms with Crippen molar-refractivity contribution >= 4 is 11.8 Å². The highest BCUT2D eigenvalue weighted by atomic mass is 19.1. The lowest BCUT2D eigenvalue weighted by molar-refractivity contribution is 0.0173. The molecule has 27 heavy (non-hydrogen) atoms. The topological polar surface area (TPSA) is 82.0 Å². The number of carbonyl (C=O) groups is 1. The van der Waals surface area contributed by atoms with Gasteiger partial charge in [0.1, 0.15) is 23.1 Å². The molecule has 8 heteroatoms. The van der Waals surface area contributed by atoms with E-state index in [4.69, 9.17) is 9.84 Å². The number of aliphatic hydroxyl groups is 1. The molecule has 1 amide bonds. The zero-order chi connectivity index (χ0) is 19.4. The summed E-state index contributed by atoms with van der Waals surface area (Å²) in [6, 6.07) is 9.79. The van der Waals surface area contributed by atoms with Crippen molar-refractivity contribution in [3.8, 4) is 11.5 Å². The number of amides is 1. The number of rotatable bonds is 5. The highest BCUT2D eigenvalue weighted by Gasteiger charge is 2.33. The Balaban J connectivity index is 1.69. The van der Waals surface area contributed by atoms with E-state index in [1.807, 2.05) is 4.90 Å². The lowest BCUT2D eigenvalue weighted by Crippen LogP contribution is -2.50. The van der Waals surface area contributed by atoms with Crippen LogP contribution in [0.2, 0.25) is 0 Å². The highest BCUT2D eigenvalue weighted by molar-refractivity contribution is 5.64. The Morgan fingerprint density at radius 1 is 1.11 bits per heavy atom. The average molecular weight is 378 g/mol. The molecule has 3 N–H and O–H groups in total. The van der Waals surface area contributed by atoms with E-state index in [1.165, 1.54) is 30.3 Å². The smallest absolute Gasteiger partial charge is 0.404 e. The third kappa shape index (κ3) is 5.07. The maximum Gasteiger partial charge on any atom is 0.404 e. The van der Waals surface area contributed by atoms with Crippen LogP contribution >= 0.6 is 0 Å². The van der Waals surface area contributed by atoms with Gasteiger partial charge >= 0.3 is 6.09 Å². The SMILES string of the molecule is O=C(O)NCC1(O)CCN(c2cc(F)cc(Oc3cccc(F)c3)c2)CC1. The van der Waals surface area contributed by atoms with E-state index in [2.05, 4.69) is 5.32 Å². The molecule has 0 aromatic heterocycles. The van der Waals surface area contributed by atoms with Gasteiger partial charge in [0.15, 0.2) is 0 Å². The first-order chi connectivity index (χ1) is 12.8. The fraction of sp³-hybridized carbons (Fsp3) is 0.316. The van der Waals surface area contributed by atoms with Crippen LogP contribution in [0.4, 0.5) is 19.3 Å². The van der Waals surface area contributed by atoms with E-state index in [-0.39, 0.29) is 18.0 Å². The number of piperidine rings is 1. The van der Waals surface area contributed by atoms with Crippen molar-refractivity contribution in [3.05, 3.63) is 54.1 Å². The van der Waals surface area contributed by atoms with Gasteiger partial charge in [0.2, 0.25) is 0 Å². The maximum atomic E-state index is 14.0. The van der Waals surface area contributed by atoms with Gasteiger partial charge in [0.25, 0.3) is 0 Å². The second kappa shape index (κ2) is 7.79. The van der Waals surface area contributed by atoms with Crippen molar-refractivity contribution in [2.45, 2.75) is 18.4 Å². The van der Waals surface area contributed by atoms with E-state index < -0.39 is 23.3 Å². The Morgan fingerprint density at radius 3 is 2.48 bits per heavy atom. The monoisotopic (exact) mass is 378 g/mol. The average Bonchev–Trinajstić information content (AvgIpc) is 2.60. The minimum absolute atomic E-state index is 0.0484. The molecule has 1 aliphatic rings. The van der Waals surface area contributed by atoms with Gasteiger partial charge < -0.3 is 25.2 Å². The van der Waals surface area contributed by atoms with Crippen LogP contribution in [0.5, 0.6) is 11.5 Å². The summed E-state index contributed by atoms with van der Waals surface area (Å²) in [6.45, 7) is 0.814. The first kappa shape index (κ1) is 18.9. The van der Waals surface area contributed by atoms with E-state index in [0.29, 0.717) is 31.6 Å². The quantitative estimate of drug-likeness (QED) is 0.743. The standard InChI is InChI=1S/C19H20F2N2O4/c20-13-2-1-3-16(9-13)27-17-10-14(21)8-15(11-17)23-6-4-19(26,5-7-23)12-22-18(24)25/h1-3,8-11,22,26H,4-7,12H2,(H,24,25). The number of ether oxygens (including phenoxy) is 1. The molecule has 0 bridgehead atoms. The van der Waals surface area contributed by atoms with Crippen LogP contribution in [-0.2, 0) is 0 Å². The lowest BCUT2D eigenvalue weighted by atomic mass is 9.91. The van der Waals surface area contributed by atoms with E-state index in [0.717, 1.165) is 0 Å². The summed E-state index contributed by atoms with van der Waals surface area (Å²) in [6.07, 6.45) is -0.511. The minimum Gasteiger partial charge on any atom is -0.465 e. The molecule has 0 aliphatic carbocycles. The van der Waals surface area contributed by atoms with Gasteiger partial charge in [-0.15, -0.1) is 0 Å². The van der Waals surface area contributed by atoms with E-state index in [1.54, 1.807) is 12.1 Å². The fourth-order valence-corrected chi connectivity index (χ4v) is 3.05. The fourth-order valence-electron chi connectivity index (χ4n) is 3.05. The molecular weight excluding hydrogens is 358 g/mol. The van der Waals surface area contributed by atoms with Crippen LogP contribution in [0.25, 0.3) is 0 Å². The van der Waals surface area contributed by atoms with Gasteiger partial charge in [0, 0.05) is 43.5 Å². The molecule has 2 aromatic carbocycles. The van der Waals surface area contributed by atoms with Crippen LogP contribution < -0.4 is 15.0 Å². The van der Waals surface area contributed by atoms with Gasteiger partial charge in [-0.25, -0.2) is 13.6 Å². The largest absolute Gasteiger partial charge is 0.465 e. The van der Waals surface area contributed by atoms with Crippen LogP contribution in [0.1, 0.15) is 12.8 Å². The van der Waals surface area contributed by atoms with Gasteiger partial charge in [0.05, 0.1) is 5.60 Å². The third-order valence-electron chi connectivity index (χ3n) is 4.52. The van der Waals surface area contributed by atoms with Crippen LogP contribution in [0, 0.1) is 11.6 Å². The normalized spacial score (nSPS) is 16.0. The predicted molar refractivity (Wildman–Crippen MR) is 95.3 cm³/mol. The highest BCUT2D eigenvalue weighted by Crippen LogP contribution is 2.31. The molecule has 1 aliphatic heterocycles. The molecule has 0 unspecified atom stereocenters. The van der Waals surface area contributed by atoms with Gasteiger partial charge in [-0.3, -0.25) is 0 Å². The maximum absolute atomic E-state index is 14.0. The van der Waals surface area contributed by atoms with Crippen molar-refractivity contribution in [1.29, 1.82) is 0 Å². The molecule has 1 heterocycles. The van der Waals surface area contributed by atoms with Crippen molar-refractivity contribution in [1.82, 2.24) is 5.32 Å². The molecule has 1 saturated heterocycles. The molecular formula is C19H20F2N2O4. The Kier molecular flexibility index (Phi) is 5.46. The number of carboxylic acid groups (broad SMARTS) is 1. The van der Waals surface area contributed by atoms with Gasteiger partial charge in [-0.1, -0.05) is 6.07 Å². The summed E-state index contributed by atoms with van der Waals surface area (Å²) >= 11 is 0. The molecule has 0 atom stereocenters. The molecule has 6 nitrogen and oxygen atoms in total. The number of nitrogens with zero attached hydrogens (tertiary/aromatic N) is 1. The molecule has 0 saturated carbocycles. The van der Waals surface area contributed by atoms with Crippen molar-refractivity contribution in [2.75, 3.05) is 24.5 Å². The van der Waals surface area contributed by atoms with Gasteiger partial charge in [-0.05, 0) is 31.0 Å². The summed E-state index contributed by atoms with van der Waals surface area (Å²) in [4.78, 5) is 12.5. The van der Waals surface area contributed by atoms with E-state index in [9.17, 15) is 18.7 Å². The van der Waals surface area contributed by atoms with Crippen molar-refractivity contribution < 1.29 is 28.5 Å². The molecule has 1 fully saturated rings. The number of nitrogens with one attached hydrogen (secondary N) is 1. The van der Waals surface area contributed by atoms with E-state index >= 15 is 0 Å². The zero-order valence-corrected chi connectivity index (χ0v) is 14.5. The van der Waals surface area contributed by atoms with Gasteiger partial charge in [-0.2, -0.15) is 0 Å². The first-order valence-corrected chi connectivity index (χ1v) is 8.51. The lowest BCUT2D eigenvalue weighted by Gasteiger charge is -2.39. The molecule has 144 valence electrons. The van der Waals surface area contributed by atoms with Crippen molar-refractivity contribution in [3.63, 3.8) is 0 Å². The Bertz CT molecular complexity index is 823. The minimum atomic E-state index is -1.19. The number of hydrogen-bond donors (Lipinski definition) is 3. The Labute approximate surface area is 155 Å². The summed E-state index contributed by atoms with van der Waals surface area (Å²) in [5.74, 6) is -0.440. The first-order valence-electron chi connectivity index (χ1n) is 8.51. The second-order valence-electron chi connectivity index (χ2n) is 6.57. The van der Waals surface area contributed by atoms with Crippen molar-refractivity contribution in [2.24, 2.45) is 0 Å². The van der Waals surface area contributed by atoms with Crippen LogP contribution in [0.3, 0.4) is 0 Å². The van der Waals surface area contributed by atoms with Crippen LogP contribution in [0.15, 0.2) is 42.5 Å².